The van der Waals surface area contributed by atoms with Gasteiger partial charge in [-0.25, -0.2) is 0 Å². The summed E-state index contributed by atoms with van der Waals surface area (Å²) in [6, 6.07) is 4.13. The van der Waals surface area contributed by atoms with Crippen LogP contribution in [0.1, 0.15) is 32.9 Å². The zero-order valence-electron chi connectivity index (χ0n) is 9.73. The minimum absolute atomic E-state index is 0.190. The Labute approximate surface area is 91.7 Å². The molecule has 0 amide bonds. The number of aromatic nitrogens is 1. The minimum Gasteiger partial charge on any atom is -0.489 e. The van der Waals surface area contributed by atoms with Gasteiger partial charge in [0, 0.05) is 18.2 Å². The molecule has 1 atom stereocenters. The second-order valence-corrected chi connectivity index (χ2v) is 4.02. The van der Waals surface area contributed by atoms with Crippen LogP contribution in [0.5, 0.6) is 5.75 Å². The Bertz CT molecular complexity index is 282. The Kier molecular flexibility index (Phi) is 4.56. The highest BCUT2D eigenvalue weighted by atomic mass is 16.5. The van der Waals surface area contributed by atoms with Gasteiger partial charge >= 0.3 is 0 Å². The van der Waals surface area contributed by atoms with Gasteiger partial charge in [0.25, 0.3) is 0 Å². The van der Waals surface area contributed by atoms with Crippen molar-refractivity contribution in [3.05, 3.63) is 24.0 Å². The molecule has 0 aliphatic rings. The van der Waals surface area contributed by atoms with Crippen molar-refractivity contribution in [1.82, 2.24) is 4.98 Å². The van der Waals surface area contributed by atoms with Gasteiger partial charge in [-0.05, 0) is 32.4 Å². The van der Waals surface area contributed by atoms with E-state index in [1.54, 1.807) is 6.20 Å². The average molecular weight is 208 g/mol. The van der Waals surface area contributed by atoms with Crippen molar-refractivity contribution in [1.29, 1.82) is 0 Å². The quantitative estimate of drug-likeness (QED) is 0.806. The first-order chi connectivity index (χ1) is 7.11. The van der Waals surface area contributed by atoms with E-state index in [4.69, 9.17) is 10.5 Å². The first-order valence-corrected chi connectivity index (χ1v) is 5.49. The molecule has 0 aromatic carbocycles. The van der Waals surface area contributed by atoms with E-state index in [0.717, 1.165) is 24.3 Å². The molecule has 1 aromatic heterocycles. The molecule has 3 heteroatoms. The summed E-state index contributed by atoms with van der Waals surface area (Å²) in [4.78, 5) is 4.31. The molecular weight excluding hydrogens is 188 g/mol. The van der Waals surface area contributed by atoms with E-state index < -0.39 is 0 Å². The van der Waals surface area contributed by atoms with Crippen LogP contribution < -0.4 is 10.5 Å². The lowest BCUT2D eigenvalue weighted by Crippen LogP contribution is -2.21. The van der Waals surface area contributed by atoms with E-state index in [-0.39, 0.29) is 12.1 Å². The van der Waals surface area contributed by atoms with Crippen molar-refractivity contribution < 1.29 is 4.74 Å². The van der Waals surface area contributed by atoms with Crippen LogP contribution in [0.2, 0.25) is 0 Å². The number of hydrogen-bond donors (Lipinski definition) is 1. The highest BCUT2D eigenvalue weighted by molar-refractivity contribution is 5.20. The van der Waals surface area contributed by atoms with Gasteiger partial charge in [0.2, 0.25) is 0 Å². The van der Waals surface area contributed by atoms with Crippen LogP contribution in [0.25, 0.3) is 0 Å². The molecule has 15 heavy (non-hydrogen) atoms. The first kappa shape index (κ1) is 12.0. The van der Waals surface area contributed by atoms with E-state index in [1.807, 2.05) is 26.0 Å². The molecule has 0 aliphatic carbocycles. The van der Waals surface area contributed by atoms with E-state index in [9.17, 15) is 0 Å². The SMILES string of the molecule is CCC(N)Cc1ccc(OC(C)C)cn1. The zero-order valence-corrected chi connectivity index (χ0v) is 9.73. The standard InChI is InChI=1S/C12H20N2O/c1-4-10(13)7-11-5-6-12(8-14-11)15-9(2)3/h5-6,8-10H,4,7,13H2,1-3H3. The van der Waals surface area contributed by atoms with E-state index >= 15 is 0 Å². The molecule has 0 saturated carbocycles. The largest absolute Gasteiger partial charge is 0.489 e. The molecule has 1 aromatic rings. The van der Waals surface area contributed by atoms with Crippen LogP contribution in [0.4, 0.5) is 0 Å². The lowest BCUT2D eigenvalue weighted by Gasteiger charge is -2.11. The number of ether oxygens (including phenoxy) is 1. The van der Waals surface area contributed by atoms with Gasteiger partial charge < -0.3 is 10.5 Å². The van der Waals surface area contributed by atoms with Crippen LogP contribution in [0, 0.1) is 0 Å². The molecule has 84 valence electrons. The highest BCUT2D eigenvalue weighted by Gasteiger charge is 2.03. The second-order valence-electron chi connectivity index (χ2n) is 4.02. The molecule has 0 fully saturated rings. The highest BCUT2D eigenvalue weighted by Crippen LogP contribution is 2.12. The molecular formula is C12H20N2O. The zero-order chi connectivity index (χ0) is 11.3. The lowest BCUT2D eigenvalue weighted by atomic mass is 10.1. The first-order valence-electron chi connectivity index (χ1n) is 5.49. The minimum atomic E-state index is 0.190. The van der Waals surface area contributed by atoms with Gasteiger partial charge in [0.15, 0.2) is 0 Å². The predicted octanol–water partition coefficient (Wildman–Crippen LogP) is 2.15. The van der Waals surface area contributed by atoms with Crippen LogP contribution in [0.15, 0.2) is 18.3 Å². The van der Waals surface area contributed by atoms with Gasteiger partial charge in [-0.15, -0.1) is 0 Å². The predicted molar refractivity (Wildman–Crippen MR) is 62.0 cm³/mol. The van der Waals surface area contributed by atoms with E-state index in [2.05, 4.69) is 11.9 Å². The van der Waals surface area contributed by atoms with Crippen molar-refractivity contribution in [3.63, 3.8) is 0 Å². The average Bonchev–Trinajstić information content (AvgIpc) is 2.20. The van der Waals surface area contributed by atoms with Crippen LogP contribution >= 0.6 is 0 Å². The number of hydrogen-bond acceptors (Lipinski definition) is 3. The van der Waals surface area contributed by atoms with Crippen LogP contribution in [-0.2, 0) is 6.42 Å². The van der Waals surface area contributed by atoms with Gasteiger partial charge in [-0.2, -0.15) is 0 Å². The summed E-state index contributed by atoms with van der Waals surface area (Å²) in [7, 11) is 0. The Morgan fingerprint density at radius 1 is 1.40 bits per heavy atom. The maximum Gasteiger partial charge on any atom is 0.137 e. The molecule has 0 bridgehead atoms. The number of pyridine rings is 1. The fourth-order valence-electron chi connectivity index (χ4n) is 1.29. The molecule has 1 unspecified atom stereocenters. The van der Waals surface area contributed by atoms with Gasteiger partial charge in [-0.3, -0.25) is 4.98 Å². The van der Waals surface area contributed by atoms with Crippen molar-refractivity contribution >= 4 is 0 Å². The Morgan fingerprint density at radius 3 is 2.60 bits per heavy atom. The van der Waals surface area contributed by atoms with Gasteiger partial charge in [-0.1, -0.05) is 6.92 Å². The second kappa shape index (κ2) is 5.71. The fraction of sp³-hybridized carbons (Fsp3) is 0.583. The molecule has 1 rings (SSSR count). The molecule has 1 heterocycles. The smallest absolute Gasteiger partial charge is 0.137 e. The molecule has 0 radical (unpaired) electrons. The maximum absolute atomic E-state index is 5.85. The van der Waals surface area contributed by atoms with E-state index in [0.29, 0.717) is 0 Å². The summed E-state index contributed by atoms with van der Waals surface area (Å²) in [5.74, 6) is 0.818. The Hall–Kier alpha value is -1.09. The number of rotatable bonds is 5. The number of nitrogens with two attached hydrogens (primary N) is 1. The number of nitrogens with zero attached hydrogens (tertiary/aromatic N) is 1. The molecule has 0 saturated heterocycles. The summed E-state index contributed by atoms with van der Waals surface area (Å²) >= 11 is 0. The lowest BCUT2D eigenvalue weighted by molar-refractivity contribution is 0.241. The maximum atomic E-state index is 5.85. The topological polar surface area (TPSA) is 48.1 Å². The summed E-state index contributed by atoms with van der Waals surface area (Å²) in [6.07, 6.45) is 3.76. The third-order valence-electron chi connectivity index (χ3n) is 2.17. The molecule has 2 N–H and O–H groups in total. The van der Waals surface area contributed by atoms with Gasteiger partial charge in [0.05, 0.1) is 12.3 Å². The van der Waals surface area contributed by atoms with Crippen LogP contribution in [0.3, 0.4) is 0 Å². The fourth-order valence-corrected chi connectivity index (χ4v) is 1.29. The Morgan fingerprint density at radius 2 is 2.13 bits per heavy atom. The van der Waals surface area contributed by atoms with E-state index in [1.165, 1.54) is 0 Å². The summed E-state index contributed by atoms with van der Waals surface area (Å²) < 4.78 is 5.51. The van der Waals surface area contributed by atoms with Crippen LogP contribution in [-0.4, -0.2) is 17.1 Å². The molecule has 0 aliphatic heterocycles. The summed E-state index contributed by atoms with van der Waals surface area (Å²) in [6.45, 7) is 6.09. The normalized spacial score (nSPS) is 12.9. The monoisotopic (exact) mass is 208 g/mol. The summed E-state index contributed by atoms with van der Waals surface area (Å²) in [5, 5.41) is 0. The van der Waals surface area contributed by atoms with Gasteiger partial charge in [0.1, 0.15) is 5.75 Å². The van der Waals surface area contributed by atoms with Crippen molar-refractivity contribution in [2.24, 2.45) is 5.73 Å². The van der Waals surface area contributed by atoms with Crippen molar-refractivity contribution in [2.45, 2.75) is 45.8 Å². The molecule has 0 spiro atoms. The third kappa shape index (κ3) is 4.30. The molecule has 3 nitrogen and oxygen atoms in total. The third-order valence-corrected chi connectivity index (χ3v) is 2.17. The summed E-state index contributed by atoms with van der Waals surface area (Å²) in [5.41, 5.74) is 6.88. The Balaban J connectivity index is 2.56. The van der Waals surface area contributed by atoms with Crippen molar-refractivity contribution in [2.75, 3.05) is 0 Å². The van der Waals surface area contributed by atoms with Crippen molar-refractivity contribution in [3.8, 4) is 5.75 Å².